The van der Waals surface area contributed by atoms with Gasteiger partial charge in [-0.05, 0) is 24.1 Å². The minimum Gasteiger partial charge on any atom is -0.453 e. The van der Waals surface area contributed by atoms with Gasteiger partial charge < -0.3 is 19.8 Å². The molecule has 0 aromatic carbocycles. The average molecular weight is 291 g/mol. The van der Waals surface area contributed by atoms with E-state index in [0.717, 1.165) is 0 Å². The van der Waals surface area contributed by atoms with Crippen LogP contribution in [0.2, 0.25) is 0 Å². The van der Waals surface area contributed by atoms with E-state index in [2.05, 4.69) is 0 Å². The van der Waals surface area contributed by atoms with Gasteiger partial charge in [0.05, 0.1) is 0 Å². The summed E-state index contributed by atoms with van der Waals surface area (Å²) >= 11 is 0. The highest BCUT2D eigenvalue weighted by molar-refractivity contribution is 5.91. The van der Waals surface area contributed by atoms with E-state index >= 15 is 0 Å². The van der Waals surface area contributed by atoms with E-state index in [9.17, 15) is 4.79 Å². The van der Waals surface area contributed by atoms with Crippen LogP contribution in [0.5, 0.6) is 0 Å². The Balaban J connectivity index is 0.00000324. The molecule has 0 aliphatic rings. The van der Waals surface area contributed by atoms with Crippen LogP contribution in [-0.2, 0) is 11.3 Å². The van der Waals surface area contributed by atoms with Crippen LogP contribution < -0.4 is 5.73 Å². The lowest BCUT2D eigenvalue weighted by molar-refractivity contribution is 0.0701. The molecular weight excluding hydrogens is 268 g/mol. The predicted molar refractivity (Wildman–Crippen MR) is 76.5 cm³/mol. The minimum absolute atomic E-state index is 0. The Bertz CT molecular complexity index is 404. The quantitative estimate of drug-likeness (QED) is 0.869. The van der Waals surface area contributed by atoms with Gasteiger partial charge in [0.1, 0.15) is 12.4 Å². The topological polar surface area (TPSA) is 68.7 Å². The monoisotopic (exact) mass is 290 g/mol. The molecule has 1 aromatic heterocycles. The molecule has 0 saturated heterocycles. The van der Waals surface area contributed by atoms with Crippen LogP contribution in [0.25, 0.3) is 0 Å². The van der Waals surface area contributed by atoms with Gasteiger partial charge in [0, 0.05) is 20.7 Å². The van der Waals surface area contributed by atoms with Crippen molar-refractivity contribution in [3.8, 4) is 0 Å². The second kappa shape index (κ2) is 7.53. The first-order chi connectivity index (χ1) is 8.39. The summed E-state index contributed by atoms with van der Waals surface area (Å²) in [5, 5.41) is 0. The summed E-state index contributed by atoms with van der Waals surface area (Å²) in [6.45, 7) is 5.52. The van der Waals surface area contributed by atoms with E-state index in [-0.39, 0.29) is 23.7 Å². The first-order valence-corrected chi connectivity index (χ1v) is 5.93. The van der Waals surface area contributed by atoms with Crippen molar-refractivity contribution in [2.45, 2.75) is 20.5 Å². The number of hydrogen-bond donors (Lipinski definition) is 1. The number of nitrogens with zero attached hydrogens (tertiary/aromatic N) is 1. The Morgan fingerprint density at radius 2 is 2.11 bits per heavy atom. The Morgan fingerprint density at radius 3 is 2.63 bits per heavy atom. The van der Waals surface area contributed by atoms with Crippen LogP contribution >= 0.6 is 12.4 Å². The summed E-state index contributed by atoms with van der Waals surface area (Å²) in [6.07, 6.45) is 0. The van der Waals surface area contributed by atoms with E-state index in [1.165, 1.54) is 0 Å². The van der Waals surface area contributed by atoms with Crippen molar-refractivity contribution in [2.75, 3.05) is 27.2 Å². The molecule has 0 radical (unpaired) electrons. The Labute approximate surface area is 120 Å². The molecule has 0 fully saturated rings. The third-order valence-corrected chi connectivity index (χ3v) is 2.72. The van der Waals surface area contributed by atoms with Gasteiger partial charge in [-0.25, -0.2) is 0 Å². The highest BCUT2D eigenvalue weighted by Gasteiger charge is 2.23. The normalized spacial score (nSPS) is 11.0. The molecule has 0 aliphatic carbocycles. The molecule has 6 heteroatoms. The van der Waals surface area contributed by atoms with Gasteiger partial charge in [0.15, 0.2) is 5.76 Å². The number of ether oxygens (including phenoxy) is 1. The molecule has 1 amide bonds. The lowest BCUT2D eigenvalue weighted by Crippen LogP contribution is -2.39. The first-order valence-electron chi connectivity index (χ1n) is 5.93. The van der Waals surface area contributed by atoms with Gasteiger partial charge in [-0.1, -0.05) is 13.8 Å². The van der Waals surface area contributed by atoms with Crippen LogP contribution in [0, 0.1) is 5.41 Å². The van der Waals surface area contributed by atoms with Crippen LogP contribution in [0.3, 0.4) is 0 Å². The molecule has 1 heterocycles. The number of amides is 1. The molecule has 0 spiro atoms. The molecule has 1 aromatic rings. The molecule has 2 N–H and O–H groups in total. The summed E-state index contributed by atoms with van der Waals surface area (Å²) in [6, 6.07) is 3.42. The smallest absolute Gasteiger partial charge is 0.289 e. The van der Waals surface area contributed by atoms with Crippen LogP contribution in [0.15, 0.2) is 16.5 Å². The van der Waals surface area contributed by atoms with Crippen molar-refractivity contribution >= 4 is 18.3 Å². The zero-order valence-electron chi connectivity index (χ0n) is 11.9. The van der Waals surface area contributed by atoms with Gasteiger partial charge in [-0.2, -0.15) is 0 Å². The summed E-state index contributed by atoms with van der Waals surface area (Å²) < 4.78 is 10.4. The van der Waals surface area contributed by atoms with Crippen molar-refractivity contribution in [1.82, 2.24) is 4.90 Å². The molecule has 0 atom stereocenters. The van der Waals surface area contributed by atoms with Crippen LogP contribution in [0.1, 0.15) is 30.2 Å². The Morgan fingerprint density at radius 1 is 1.47 bits per heavy atom. The zero-order chi connectivity index (χ0) is 13.8. The molecule has 5 nitrogen and oxygen atoms in total. The highest BCUT2D eigenvalue weighted by Crippen LogP contribution is 2.17. The first kappa shape index (κ1) is 18.0. The van der Waals surface area contributed by atoms with Crippen molar-refractivity contribution in [3.05, 3.63) is 23.7 Å². The van der Waals surface area contributed by atoms with Crippen molar-refractivity contribution in [3.63, 3.8) is 0 Å². The maximum Gasteiger partial charge on any atom is 0.289 e. The van der Waals surface area contributed by atoms with E-state index in [4.69, 9.17) is 14.9 Å². The Kier molecular flexibility index (Phi) is 7.11. The molecule has 110 valence electrons. The summed E-state index contributed by atoms with van der Waals surface area (Å²) in [4.78, 5) is 13.7. The fraction of sp³-hybridized carbons (Fsp3) is 0.615. The average Bonchev–Trinajstić information content (AvgIpc) is 2.76. The predicted octanol–water partition coefficient (Wildman–Crippen LogP) is 1.90. The van der Waals surface area contributed by atoms with E-state index in [1.54, 1.807) is 31.2 Å². The lowest BCUT2D eigenvalue weighted by Gasteiger charge is -2.28. The van der Waals surface area contributed by atoms with E-state index in [0.29, 0.717) is 31.2 Å². The number of hydrogen-bond acceptors (Lipinski definition) is 4. The molecule has 0 aliphatic heterocycles. The minimum atomic E-state index is -0.140. The number of rotatable bonds is 6. The van der Waals surface area contributed by atoms with Crippen molar-refractivity contribution in [2.24, 2.45) is 11.1 Å². The second-order valence-electron chi connectivity index (χ2n) is 5.23. The number of carbonyl (C=O) groups is 1. The largest absolute Gasteiger partial charge is 0.453 e. The highest BCUT2D eigenvalue weighted by atomic mass is 35.5. The molecular formula is C13H23ClN2O3. The third kappa shape index (κ3) is 5.22. The van der Waals surface area contributed by atoms with Gasteiger partial charge in [0.25, 0.3) is 5.91 Å². The SMILES string of the molecule is COCc1ccc(C(=O)N(C)CC(C)(C)CN)o1.Cl. The number of furan rings is 1. The number of carbonyl (C=O) groups excluding carboxylic acids is 1. The summed E-state index contributed by atoms with van der Waals surface area (Å²) in [7, 11) is 3.33. The van der Waals surface area contributed by atoms with E-state index in [1.807, 2.05) is 13.8 Å². The van der Waals surface area contributed by atoms with E-state index < -0.39 is 0 Å². The maximum absolute atomic E-state index is 12.1. The number of nitrogens with two attached hydrogens (primary N) is 1. The summed E-state index contributed by atoms with van der Waals surface area (Å²) in [5.74, 6) is 0.837. The standard InChI is InChI=1S/C13H22N2O3.ClH/c1-13(2,8-14)9-15(3)12(16)11-6-5-10(18-11)7-17-4;/h5-6H,7-9,14H2,1-4H3;1H. The van der Waals surface area contributed by atoms with Gasteiger partial charge in [-0.15, -0.1) is 12.4 Å². The fourth-order valence-corrected chi connectivity index (χ4v) is 1.68. The number of halogens is 1. The second-order valence-corrected chi connectivity index (χ2v) is 5.23. The van der Waals surface area contributed by atoms with Gasteiger partial charge in [0.2, 0.25) is 0 Å². The van der Waals surface area contributed by atoms with Crippen LogP contribution in [-0.4, -0.2) is 38.1 Å². The van der Waals surface area contributed by atoms with Crippen molar-refractivity contribution < 1.29 is 13.9 Å². The zero-order valence-corrected chi connectivity index (χ0v) is 12.8. The molecule has 0 saturated carbocycles. The van der Waals surface area contributed by atoms with Gasteiger partial charge >= 0.3 is 0 Å². The third-order valence-electron chi connectivity index (χ3n) is 2.72. The van der Waals surface area contributed by atoms with Crippen LogP contribution in [0.4, 0.5) is 0 Å². The van der Waals surface area contributed by atoms with Gasteiger partial charge in [-0.3, -0.25) is 4.79 Å². The molecule has 0 unspecified atom stereocenters. The van der Waals surface area contributed by atoms with Crippen molar-refractivity contribution in [1.29, 1.82) is 0 Å². The maximum atomic E-state index is 12.1. The molecule has 0 bridgehead atoms. The number of methoxy groups -OCH3 is 1. The summed E-state index contributed by atoms with van der Waals surface area (Å²) in [5.41, 5.74) is 5.55. The lowest BCUT2D eigenvalue weighted by atomic mass is 9.93. The Hall–Kier alpha value is -1.04. The fourth-order valence-electron chi connectivity index (χ4n) is 1.68. The molecule has 19 heavy (non-hydrogen) atoms. The molecule has 1 rings (SSSR count).